The van der Waals surface area contributed by atoms with E-state index < -0.39 is 0 Å². The Morgan fingerprint density at radius 2 is 0.600 bits per heavy atom. The summed E-state index contributed by atoms with van der Waals surface area (Å²) < 4.78 is 0. The quantitative estimate of drug-likeness (QED) is 0.326. The zero-order chi connectivity index (χ0) is 0. The van der Waals surface area contributed by atoms with Gasteiger partial charge in [0.15, 0.2) is 0 Å². The van der Waals surface area contributed by atoms with Crippen LogP contribution in [0.2, 0.25) is 0 Å². The van der Waals surface area contributed by atoms with Crippen molar-refractivity contribution in [1.29, 1.82) is 0 Å². The van der Waals surface area contributed by atoms with Crippen molar-refractivity contribution in [2.45, 2.75) is 0 Å². The van der Waals surface area contributed by atoms with Crippen LogP contribution in [0.1, 0.15) is 0 Å². The standard InChI is InChI=1S/Ca.3Na.H2O/h;;;;1H2. The maximum absolute atomic E-state index is 0. The average Bonchev–Trinajstić information content (AvgIpc) is 0. The number of hydrogen-bond donors (Lipinski definition) is 0. The van der Waals surface area contributed by atoms with Gasteiger partial charge in [-0.05, 0) is 0 Å². The minimum Gasteiger partial charge on any atom is -0.412 e. The zero-order valence-electron chi connectivity index (χ0n) is 4.21. The number of hydrogen-bond acceptors (Lipinski definition) is 0. The van der Waals surface area contributed by atoms with Crippen LogP contribution in [0, 0.1) is 0 Å². The molecule has 0 atom stereocenters. The monoisotopic (exact) mass is 127 g/mol. The Morgan fingerprint density at radius 3 is 0.600 bits per heavy atom. The molecule has 5 heavy (non-hydrogen) atoms. The van der Waals surface area contributed by atoms with Gasteiger partial charge in [-0.1, -0.05) is 0 Å². The summed E-state index contributed by atoms with van der Waals surface area (Å²) in [5.41, 5.74) is 0. The zero-order valence-corrected chi connectivity index (χ0v) is 12.4. The molecule has 13 valence electrons. The fourth-order valence-corrected chi connectivity index (χ4v) is 0. The molecule has 2 N–H and O–H groups in total. The van der Waals surface area contributed by atoms with Crippen molar-refractivity contribution in [3.05, 3.63) is 0 Å². The molecule has 0 aliphatic rings. The Balaban J connectivity index is 0. The Kier molecular flexibility index (Phi) is 168. The largest absolute Gasteiger partial charge is 0.412 e. The molecule has 0 rings (SSSR count). The van der Waals surface area contributed by atoms with Crippen LogP contribution >= 0.6 is 0 Å². The molecule has 0 saturated heterocycles. The summed E-state index contributed by atoms with van der Waals surface area (Å²) in [5.74, 6) is 0. The van der Waals surface area contributed by atoms with Gasteiger partial charge in [0, 0.05) is 126 Å². The molecule has 5 heteroatoms. The van der Waals surface area contributed by atoms with Crippen molar-refractivity contribution in [1.82, 2.24) is 0 Å². The molecule has 0 aliphatic heterocycles. The normalized spacial score (nSPS) is 0. The van der Waals surface area contributed by atoms with Gasteiger partial charge in [0.2, 0.25) is 0 Å². The summed E-state index contributed by atoms with van der Waals surface area (Å²) >= 11 is 0. The predicted molar refractivity (Wildman–Crippen MR) is 26.6 cm³/mol. The summed E-state index contributed by atoms with van der Waals surface area (Å²) in [7, 11) is 0. The van der Waals surface area contributed by atoms with E-state index >= 15 is 0 Å². The molecule has 5 radical (unpaired) electrons. The van der Waals surface area contributed by atoms with Gasteiger partial charge in [0.1, 0.15) is 0 Å². The second-order valence-electron chi connectivity index (χ2n) is 0. The third-order valence-corrected chi connectivity index (χ3v) is 0. The van der Waals surface area contributed by atoms with E-state index in [1.165, 1.54) is 0 Å². The first-order valence-electron chi connectivity index (χ1n) is 0. The van der Waals surface area contributed by atoms with E-state index in [1.54, 1.807) is 0 Å². The van der Waals surface area contributed by atoms with E-state index in [1.807, 2.05) is 0 Å². The summed E-state index contributed by atoms with van der Waals surface area (Å²) in [6, 6.07) is 0. The van der Waals surface area contributed by atoms with Crippen LogP contribution in [0.4, 0.5) is 0 Å². The molecule has 0 unspecified atom stereocenters. The van der Waals surface area contributed by atoms with Gasteiger partial charge in [-0.25, -0.2) is 0 Å². The third kappa shape index (κ3) is 17.9. The average molecular weight is 127 g/mol. The number of rotatable bonds is 0. The first kappa shape index (κ1) is 35.0. The van der Waals surface area contributed by atoms with Crippen molar-refractivity contribution < 1.29 is 5.48 Å². The van der Waals surface area contributed by atoms with Crippen molar-refractivity contribution in [2.75, 3.05) is 0 Å². The van der Waals surface area contributed by atoms with Crippen LogP contribution in [0.5, 0.6) is 0 Å². The van der Waals surface area contributed by atoms with Crippen molar-refractivity contribution in [2.24, 2.45) is 0 Å². The van der Waals surface area contributed by atoms with E-state index in [4.69, 9.17) is 0 Å². The van der Waals surface area contributed by atoms with Crippen LogP contribution in [-0.2, 0) is 0 Å². The van der Waals surface area contributed by atoms with Gasteiger partial charge < -0.3 is 5.48 Å². The van der Waals surface area contributed by atoms with E-state index in [-0.39, 0.29) is 132 Å². The molecule has 0 aromatic rings. The summed E-state index contributed by atoms with van der Waals surface area (Å²) in [6.07, 6.45) is 0. The van der Waals surface area contributed by atoms with Gasteiger partial charge >= 0.3 is 0 Å². The first-order valence-corrected chi connectivity index (χ1v) is 0. The molecule has 0 spiro atoms. The third-order valence-electron chi connectivity index (χ3n) is 0. The molecule has 0 aromatic heterocycles. The molecule has 1 nitrogen and oxygen atoms in total. The van der Waals surface area contributed by atoms with Gasteiger partial charge in [-0.15, -0.1) is 0 Å². The molecule has 0 saturated carbocycles. The predicted octanol–water partition coefficient (Wildman–Crippen LogP) is -2.35. The van der Waals surface area contributed by atoms with E-state index in [0.717, 1.165) is 0 Å². The molecule has 0 heterocycles. The Morgan fingerprint density at radius 1 is 0.600 bits per heavy atom. The molecule has 0 amide bonds. The van der Waals surface area contributed by atoms with Crippen LogP contribution in [0.15, 0.2) is 0 Å². The van der Waals surface area contributed by atoms with Gasteiger partial charge in [-0.3, -0.25) is 0 Å². The molecular weight excluding hydrogens is 125 g/mol. The fraction of sp³-hybridized carbons (Fsp3) is 0. The van der Waals surface area contributed by atoms with E-state index in [9.17, 15) is 0 Å². The Labute approximate surface area is 128 Å². The molecule has 0 aliphatic carbocycles. The van der Waals surface area contributed by atoms with E-state index in [2.05, 4.69) is 0 Å². The second-order valence-corrected chi connectivity index (χ2v) is 0. The van der Waals surface area contributed by atoms with Crippen LogP contribution in [0.3, 0.4) is 0 Å². The topological polar surface area (TPSA) is 31.5 Å². The van der Waals surface area contributed by atoms with E-state index in [0.29, 0.717) is 0 Å². The van der Waals surface area contributed by atoms with Gasteiger partial charge in [0.05, 0.1) is 0 Å². The maximum atomic E-state index is 0. The second kappa shape index (κ2) is 24.1. The van der Waals surface area contributed by atoms with Gasteiger partial charge in [0.25, 0.3) is 0 Å². The summed E-state index contributed by atoms with van der Waals surface area (Å²) in [4.78, 5) is 0. The molecular formula is H2CaNa3O. The van der Waals surface area contributed by atoms with Crippen molar-refractivity contribution >= 4 is 126 Å². The maximum Gasteiger partial charge on any atom is 0 e. The SMILES string of the molecule is O.[Ca].[Na].[Na].[Na]. The van der Waals surface area contributed by atoms with Crippen LogP contribution in [-0.4, -0.2) is 132 Å². The minimum atomic E-state index is 0. The summed E-state index contributed by atoms with van der Waals surface area (Å²) in [5, 5.41) is 0. The van der Waals surface area contributed by atoms with Gasteiger partial charge in [-0.2, -0.15) is 0 Å². The van der Waals surface area contributed by atoms with Crippen molar-refractivity contribution in [3.8, 4) is 0 Å². The Hall–Kier alpha value is 4.22. The van der Waals surface area contributed by atoms with Crippen LogP contribution in [0.25, 0.3) is 0 Å². The van der Waals surface area contributed by atoms with Crippen LogP contribution < -0.4 is 0 Å². The Bertz CT molecular complexity index is 6.85. The fourth-order valence-electron chi connectivity index (χ4n) is 0. The first-order chi connectivity index (χ1) is 0. The smallest absolute Gasteiger partial charge is 0 e. The van der Waals surface area contributed by atoms with Crippen molar-refractivity contribution in [3.63, 3.8) is 0 Å². The summed E-state index contributed by atoms with van der Waals surface area (Å²) in [6.45, 7) is 0. The molecule has 0 fully saturated rings. The molecule has 0 bridgehead atoms. The minimum absolute atomic E-state index is 0. The molecule has 0 aromatic carbocycles.